The molecule has 2 aliphatic heterocycles. The van der Waals surface area contributed by atoms with Gasteiger partial charge >= 0.3 is 0 Å². The molecule has 2 heterocycles. The van der Waals surface area contributed by atoms with Gasteiger partial charge in [-0.15, -0.1) is 0 Å². The molecule has 2 bridgehead atoms. The molecule has 0 unspecified atom stereocenters. The highest BCUT2D eigenvalue weighted by Crippen LogP contribution is 2.28. The Morgan fingerprint density at radius 2 is 1.97 bits per heavy atom. The summed E-state index contributed by atoms with van der Waals surface area (Å²) in [5.74, 6) is -0.167. The Bertz CT molecular complexity index is 837. The third-order valence-corrected chi connectivity index (χ3v) is 6.02. The summed E-state index contributed by atoms with van der Waals surface area (Å²) in [6.07, 6.45) is 2.03. The van der Waals surface area contributed by atoms with Crippen LogP contribution in [0.1, 0.15) is 42.1 Å². The van der Waals surface area contributed by atoms with Gasteiger partial charge in [0, 0.05) is 27.7 Å². The van der Waals surface area contributed by atoms with Crippen LogP contribution in [0.5, 0.6) is 5.75 Å². The van der Waals surface area contributed by atoms with Crippen LogP contribution in [0.15, 0.2) is 18.2 Å². The fourth-order valence-electron chi connectivity index (χ4n) is 3.93. The van der Waals surface area contributed by atoms with Crippen molar-refractivity contribution in [3.8, 4) is 11.8 Å². The molecule has 0 saturated carbocycles. The first-order chi connectivity index (χ1) is 14.3. The predicted octanol–water partition coefficient (Wildman–Crippen LogP) is 1.82. The van der Waals surface area contributed by atoms with Gasteiger partial charge in [0.25, 0.3) is 5.91 Å². The minimum Gasteiger partial charge on any atom is -0.490 e. The maximum absolute atomic E-state index is 13.2. The van der Waals surface area contributed by atoms with Crippen LogP contribution in [0.3, 0.4) is 0 Å². The maximum atomic E-state index is 13.2. The van der Waals surface area contributed by atoms with Crippen molar-refractivity contribution < 1.29 is 23.8 Å². The van der Waals surface area contributed by atoms with Crippen molar-refractivity contribution in [3.05, 3.63) is 29.3 Å². The van der Waals surface area contributed by atoms with E-state index in [1.165, 1.54) is 11.0 Å². The van der Waals surface area contributed by atoms with Gasteiger partial charge in [-0.05, 0) is 44.4 Å². The van der Waals surface area contributed by atoms with Crippen molar-refractivity contribution >= 4 is 11.8 Å². The highest BCUT2D eigenvalue weighted by Gasteiger charge is 2.34. The Balaban J connectivity index is 1.98. The Morgan fingerprint density at radius 1 is 1.20 bits per heavy atom. The molecule has 4 atom stereocenters. The van der Waals surface area contributed by atoms with Gasteiger partial charge in [-0.2, -0.15) is 5.26 Å². The van der Waals surface area contributed by atoms with Gasteiger partial charge < -0.3 is 24.0 Å². The van der Waals surface area contributed by atoms with Crippen molar-refractivity contribution in [1.82, 2.24) is 9.80 Å². The molecule has 8 nitrogen and oxygen atoms in total. The number of nitriles is 1. The van der Waals surface area contributed by atoms with Crippen LogP contribution in [0, 0.1) is 11.3 Å². The lowest BCUT2D eigenvalue weighted by molar-refractivity contribution is -0.146. The summed E-state index contributed by atoms with van der Waals surface area (Å²) in [5.41, 5.74) is 0.595. The molecule has 1 aromatic carbocycles. The summed E-state index contributed by atoms with van der Waals surface area (Å²) in [6, 6.07) is 6.12. The largest absolute Gasteiger partial charge is 0.490 e. The van der Waals surface area contributed by atoms with E-state index in [2.05, 4.69) is 0 Å². The lowest BCUT2D eigenvalue weighted by Gasteiger charge is -2.37. The summed E-state index contributed by atoms with van der Waals surface area (Å²) >= 11 is 0. The first kappa shape index (κ1) is 22.1. The van der Waals surface area contributed by atoms with Gasteiger partial charge in [0.05, 0.1) is 29.4 Å². The molecule has 0 radical (unpaired) electrons. The summed E-state index contributed by atoms with van der Waals surface area (Å²) < 4.78 is 17.8. The second-order valence-electron chi connectivity index (χ2n) is 7.92. The summed E-state index contributed by atoms with van der Waals surface area (Å²) in [7, 11) is 4.98. The second kappa shape index (κ2) is 9.45. The van der Waals surface area contributed by atoms with Crippen molar-refractivity contribution in [1.29, 1.82) is 5.26 Å². The maximum Gasteiger partial charge on any atom is 0.258 e. The molecule has 2 aliphatic rings. The van der Waals surface area contributed by atoms with Crippen LogP contribution in [0.4, 0.5) is 0 Å². The molecular weight excluding hydrogens is 386 g/mol. The number of methoxy groups -OCH3 is 1. The van der Waals surface area contributed by atoms with Gasteiger partial charge in [0.2, 0.25) is 5.91 Å². The number of likely N-dealkylation sites (N-methyl/N-ethyl adjacent to an activating group) is 2. The van der Waals surface area contributed by atoms with E-state index >= 15 is 0 Å². The minimum absolute atomic E-state index is 0.0123. The number of benzene rings is 1. The lowest BCUT2D eigenvalue weighted by Crippen LogP contribution is -2.48. The third kappa shape index (κ3) is 4.58. The molecule has 3 rings (SSSR count). The summed E-state index contributed by atoms with van der Waals surface area (Å²) in [4.78, 5) is 29.1. The molecule has 1 fully saturated rings. The highest BCUT2D eigenvalue weighted by atomic mass is 16.6. The van der Waals surface area contributed by atoms with E-state index in [-0.39, 0.29) is 42.3 Å². The number of hydrogen-bond acceptors (Lipinski definition) is 6. The van der Waals surface area contributed by atoms with Crippen LogP contribution >= 0.6 is 0 Å². The molecule has 0 spiro atoms. The second-order valence-corrected chi connectivity index (χ2v) is 7.92. The molecule has 162 valence electrons. The van der Waals surface area contributed by atoms with E-state index in [0.717, 1.165) is 12.8 Å². The van der Waals surface area contributed by atoms with Crippen LogP contribution < -0.4 is 4.74 Å². The number of carbonyl (C=O) groups excluding carboxylic acids is 2. The van der Waals surface area contributed by atoms with Gasteiger partial charge in [0.1, 0.15) is 24.5 Å². The Labute approximate surface area is 177 Å². The van der Waals surface area contributed by atoms with E-state index in [4.69, 9.17) is 14.2 Å². The van der Waals surface area contributed by atoms with Gasteiger partial charge in [-0.1, -0.05) is 0 Å². The van der Waals surface area contributed by atoms with Crippen LogP contribution in [0.2, 0.25) is 0 Å². The number of carbonyl (C=O) groups is 2. The molecule has 1 aromatic rings. The van der Waals surface area contributed by atoms with Crippen molar-refractivity contribution in [3.63, 3.8) is 0 Å². The monoisotopic (exact) mass is 415 g/mol. The van der Waals surface area contributed by atoms with Crippen LogP contribution in [-0.4, -0.2) is 80.3 Å². The zero-order valence-corrected chi connectivity index (χ0v) is 18.0. The van der Waals surface area contributed by atoms with E-state index in [1.807, 2.05) is 6.07 Å². The van der Waals surface area contributed by atoms with E-state index in [0.29, 0.717) is 24.3 Å². The topological polar surface area (TPSA) is 92.1 Å². The van der Waals surface area contributed by atoms with Crippen molar-refractivity contribution in [2.45, 2.75) is 50.5 Å². The van der Waals surface area contributed by atoms with E-state index < -0.39 is 6.04 Å². The van der Waals surface area contributed by atoms with Crippen molar-refractivity contribution in [2.24, 2.45) is 0 Å². The van der Waals surface area contributed by atoms with E-state index in [9.17, 15) is 14.9 Å². The van der Waals surface area contributed by atoms with Gasteiger partial charge in [-0.25, -0.2) is 0 Å². The van der Waals surface area contributed by atoms with Gasteiger partial charge in [0.15, 0.2) is 0 Å². The Morgan fingerprint density at radius 3 is 2.67 bits per heavy atom. The fraction of sp³-hybridized carbons (Fsp3) is 0.591. The first-order valence-corrected chi connectivity index (χ1v) is 10.2. The summed E-state index contributed by atoms with van der Waals surface area (Å²) in [5, 5.41) is 9.27. The Kier molecular flexibility index (Phi) is 6.95. The average Bonchev–Trinajstić information content (AvgIpc) is 2.78. The van der Waals surface area contributed by atoms with Crippen LogP contribution in [-0.2, 0) is 14.3 Å². The summed E-state index contributed by atoms with van der Waals surface area (Å²) in [6.45, 7) is 2.47. The van der Waals surface area contributed by atoms with Crippen LogP contribution in [0.25, 0.3) is 0 Å². The Hall–Kier alpha value is -2.63. The number of amides is 2. The molecule has 30 heavy (non-hydrogen) atoms. The smallest absolute Gasteiger partial charge is 0.258 e. The number of nitrogens with zero attached hydrogens (tertiary/aromatic N) is 3. The SMILES string of the molecule is CO[C@H]1CC[C@H]2CCN(C)C(=O)[C@H](C)N(C)C(=O)c3cc(C#N)ccc3OC[C@@H]1O2. The molecular formula is C22H29N3O5. The lowest BCUT2D eigenvalue weighted by atomic mass is 9.99. The van der Waals surface area contributed by atoms with Crippen molar-refractivity contribution in [2.75, 3.05) is 34.4 Å². The van der Waals surface area contributed by atoms with E-state index in [1.54, 1.807) is 45.2 Å². The zero-order valence-electron chi connectivity index (χ0n) is 18.0. The first-order valence-electron chi connectivity index (χ1n) is 10.2. The quantitative estimate of drug-likeness (QED) is 0.695. The fourth-order valence-corrected chi connectivity index (χ4v) is 3.93. The molecule has 0 aliphatic carbocycles. The number of rotatable bonds is 1. The minimum atomic E-state index is -0.651. The standard InChI is InChI=1S/C22H29N3O5/c1-14-21(26)24(2)10-9-16-6-8-19(28-4)20(30-16)13-29-18-7-5-15(12-23)11-17(18)22(27)25(14)3/h5,7,11,14,16,19-20H,6,8-10,13H2,1-4H3/t14-,16-,19-,20-/m0/s1. The number of ether oxygens (including phenoxy) is 3. The molecule has 0 aromatic heterocycles. The number of fused-ring (bicyclic) bond motifs is 3. The predicted molar refractivity (Wildman–Crippen MR) is 109 cm³/mol. The molecule has 0 N–H and O–H groups in total. The third-order valence-electron chi connectivity index (χ3n) is 6.02. The highest BCUT2D eigenvalue weighted by molar-refractivity contribution is 5.99. The molecule has 1 saturated heterocycles. The molecule has 8 heteroatoms. The average molecular weight is 415 g/mol. The molecule has 2 amide bonds. The van der Waals surface area contributed by atoms with Gasteiger partial charge in [-0.3, -0.25) is 9.59 Å². The normalized spacial score (nSPS) is 28.2. The zero-order chi connectivity index (χ0) is 21.8. The number of hydrogen-bond donors (Lipinski definition) is 0.